The Morgan fingerprint density at radius 1 is 1.11 bits per heavy atom. The quantitative estimate of drug-likeness (QED) is 0.816. The number of nitrogens with zero attached hydrogens (tertiary/aromatic N) is 1. The Hall–Kier alpha value is -2.28. The summed E-state index contributed by atoms with van der Waals surface area (Å²) in [5.74, 6) is 0.390. The van der Waals surface area contributed by atoms with Gasteiger partial charge in [0.1, 0.15) is 17.6 Å². The fourth-order valence-electron chi connectivity index (χ4n) is 2.54. The smallest absolute Gasteiger partial charge is 0.255 e. The van der Waals surface area contributed by atoms with Gasteiger partial charge in [-0.3, -0.25) is 4.79 Å². The Bertz CT molecular complexity index is 685. The van der Waals surface area contributed by atoms with Gasteiger partial charge in [-0.1, -0.05) is 0 Å². The number of piperazine rings is 1. The van der Waals surface area contributed by atoms with Crippen molar-refractivity contribution in [1.29, 1.82) is 0 Å². The second kappa shape index (κ2) is 11.4. The zero-order chi connectivity index (χ0) is 19.5. The lowest BCUT2D eigenvalue weighted by atomic mass is 10.1. The zero-order valence-electron chi connectivity index (χ0n) is 15.7. The molecule has 2 aromatic rings. The summed E-state index contributed by atoms with van der Waals surface area (Å²) in [5, 5.41) is 6.17. The molecule has 1 heterocycles. The van der Waals surface area contributed by atoms with E-state index in [1.165, 1.54) is 0 Å². The second-order valence-electron chi connectivity index (χ2n) is 5.92. The van der Waals surface area contributed by atoms with Crippen molar-refractivity contribution in [2.24, 2.45) is 0 Å². The van der Waals surface area contributed by atoms with Crippen LogP contribution in [0.1, 0.15) is 17.3 Å². The number of hydrogen-bond acceptors (Lipinski definition) is 5. The molecule has 6 nitrogen and oxygen atoms in total. The highest BCUT2D eigenvalue weighted by molar-refractivity contribution is 6.09. The fraction of sp³-hybridized carbons (Fsp3) is 0.350. The fourth-order valence-corrected chi connectivity index (χ4v) is 2.64. The normalized spacial score (nSPS) is 13.4. The van der Waals surface area contributed by atoms with Crippen LogP contribution in [0.4, 0.5) is 11.4 Å². The SMILES string of the molecule is CCOC.O=C(Nc1ccc(OCl)cc1)c1ccc(N2CCNCC2)cc1. The molecule has 27 heavy (non-hydrogen) atoms. The van der Waals surface area contributed by atoms with Crippen LogP contribution in [0.5, 0.6) is 5.75 Å². The number of hydrogen-bond donors (Lipinski definition) is 2. The molecular weight excluding hydrogens is 366 g/mol. The molecule has 1 aliphatic heterocycles. The molecule has 0 bridgehead atoms. The van der Waals surface area contributed by atoms with Crippen LogP contribution in [0.2, 0.25) is 0 Å². The summed E-state index contributed by atoms with van der Waals surface area (Å²) >= 11 is 5.26. The first-order chi connectivity index (χ1) is 13.2. The Kier molecular flexibility index (Phi) is 8.91. The lowest BCUT2D eigenvalue weighted by molar-refractivity contribution is 0.102. The lowest BCUT2D eigenvalue weighted by Gasteiger charge is -2.29. The Labute approximate surface area is 165 Å². The van der Waals surface area contributed by atoms with Crippen molar-refractivity contribution in [3.63, 3.8) is 0 Å². The monoisotopic (exact) mass is 391 g/mol. The van der Waals surface area contributed by atoms with E-state index in [1.807, 2.05) is 31.2 Å². The summed E-state index contributed by atoms with van der Waals surface area (Å²) in [6.45, 7) is 6.73. The van der Waals surface area contributed by atoms with Crippen molar-refractivity contribution in [2.45, 2.75) is 6.92 Å². The Balaban J connectivity index is 0.000000596. The number of methoxy groups -OCH3 is 1. The average Bonchev–Trinajstić information content (AvgIpc) is 2.75. The van der Waals surface area contributed by atoms with Crippen LogP contribution in [-0.4, -0.2) is 45.8 Å². The Morgan fingerprint density at radius 2 is 1.70 bits per heavy atom. The molecule has 7 heteroatoms. The van der Waals surface area contributed by atoms with Gasteiger partial charge in [-0.25, -0.2) is 0 Å². The Morgan fingerprint density at radius 3 is 2.22 bits per heavy atom. The number of amides is 1. The van der Waals surface area contributed by atoms with Crippen LogP contribution >= 0.6 is 11.9 Å². The zero-order valence-corrected chi connectivity index (χ0v) is 16.5. The number of carbonyl (C=O) groups is 1. The molecule has 2 aromatic carbocycles. The molecule has 2 N–H and O–H groups in total. The predicted octanol–water partition coefficient (Wildman–Crippen LogP) is 3.53. The molecular formula is C20H26ClN3O3. The maximum atomic E-state index is 12.3. The molecule has 146 valence electrons. The van der Waals surface area contributed by atoms with E-state index in [1.54, 1.807) is 31.4 Å². The van der Waals surface area contributed by atoms with Gasteiger partial charge in [-0.05, 0) is 55.5 Å². The van der Waals surface area contributed by atoms with Gasteiger partial charge in [0.05, 0.1) is 0 Å². The van der Waals surface area contributed by atoms with Crippen molar-refractivity contribution in [2.75, 3.05) is 50.1 Å². The van der Waals surface area contributed by atoms with E-state index in [0.717, 1.165) is 38.5 Å². The van der Waals surface area contributed by atoms with Crippen molar-refractivity contribution in [3.8, 4) is 5.75 Å². The molecule has 0 saturated carbocycles. The number of carbonyl (C=O) groups excluding carboxylic acids is 1. The van der Waals surface area contributed by atoms with Crippen molar-refractivity contribution >= 4 is 29.1 Å². The van der Waals surface area contributed by atoms with Gasteiger partial charge in [-0.2, -0.15) is 0 Å². The van der Waals surface area contributed by atoms with Crippen LogP contribution in [0.3, 0.4) is 0 Å². The van der Waals surface area contributed by atoms with Gasteiger partial charge in [0.25, 0.3) is 5.91 Å². The molecule has 1 amide bonds. The number of ether oxygens (including phenoxy) is 1. The summed E-state index contributed by atoms with van der Waals surface area (Å²) < 4.78 is 9.12. The summed E-state index contributed by atoms with van der Waals surface area (Å²) in [4.78, 5) is 14.6. The lowest BCUT2D eigenvalue weighted by Crippen LogP contribution is -2.43. The minimum Gasteiger partial charge on any atom is -0.386 e. The van der Waals surface area contributed by atoms with Crippen LogP contribution in [-0.2, 0) is 4.74 Å². The molecule has 0 radical (unpaired) electrons. The van der Waals surface area contributed by atoms with Gasteiger partial charge >= 0.3 is 0 Å². The molecule has 0 aromatic heterocycles. The van der Waals surface area contributed by atoms with E-state index >= 15 is 0 Å². The summed E-state index contributed by atoms with van der Waals surface area (Å²) in [6, 6.07) is 14.5. The van der Waals surface area contributed by atoms with Crippen LogP contribution in [0.25, 0.3) is 0 Å². The van der Waals surface area contributed by atoms with E-state index in [-0.39, 0.29) is 5.91 Å². The molecule has 1 saturated heterocycles. The highest BCUT2D eigenvalue weighted by atomic mass is 35.5. The average molecular weight is 392 g/mol. The second-order valence-corrected chi connectivity index (χ2v) is 6.07. The maximum Gasteiger partial charge on any atom is 0.255 e. The van der Waals surface area contributed by atoms with Gasteiger partial charge in [0.15, 0.2) is 0 Å². The summed E-state index contributed by atoms with van der Waals surface area (Å²) in [6.07, 6.45) is 0. The van der Waals surface area contributed by atoms with E-state index in [0.29, 0.717) is 17.0 Å². The van der Waals surface area contributed by atoms with Crippen molar-refractivity contribution < 1.29 is 13.8 Å². The molecule has 0 unspecified atom stereocenters. The van der Waals surface area contributed by atoms with Crippen LogP contribution in [0.15, 0.2) is 48.5 Å². The molecule has 3 rings (SSSR count). The van der Waals surface area contributed by atoms with E-state index in [2.05, 4.69) is 24.6 Å². The third-order valence-corrected chi connectivity index (χ3v) is 4.28. The molecule has 0 atom stereocenters. The highest BCUT2D eigenvalue weighted by Gasteiger charge is 2.11. The standard InChI is InChI=1S/C17H18ClN3O2.C3H8O/c18-23-16-7-3-14(4-8-16)20-17(22)13-1-5-15(6-2-13)21-11-9-19-10-12-21;1-3-4-2/h1-8,19H,9-12H2,(H,20,22);3H2,1-2H3. The minimum absolute atomic E-state index is 0.142. The third-order valence-electron chi connectivity index (χ3n) is 4.10. The maximum absolute atomic E-state index is 12.3. The van der Waals surface area contributed by atoms with Gasteiger partial charge in [0.2, 0.25) is 0 Å². The topological polar surface area (TPSA) is 62.8 Å². The van der Waals surface area contributed by atoms with Gasteiger partial charge < -0.3 is 24.6 Å². The number of halogens is 1. The number of anilines is 2. The highest BCUT2D eigenvalue weighted by Crippen LogP contribution is 2.19. The first-order valence-electron chi connectivity index (χ1n) is 8.92. The summed E-state index contributed by atoms with van der Waals surface area (Å²) in [5.41, 5.74) is 2.46. The predicted molar refractivity (Wildman–Crippen MR) is 110 cm³/mol. The third kappa shape index (κ3) is 6.75. The van der Waals surface area contributed by atoms with E-state index in [4.69, 9.17) is 11.9 Å². The largest absolute Gasteiger partial charge is 0.386 e. The summed E-state index contributed by atoms with van der Waals surface area (Å²) in [7, 11) is 1.68. The first-order valence-corrected chi connectivity index (χ1v) is 9.23. The minimum atomic E-state index is -0.142. The molecule has 1 fully saturated rings. The van der Waals surface area contributed by atoms with Crippen molar-refractivity contribution in [1.82, 2.24) is 5.32 Å². The molecule has 0 spiro atoms. The van der Waals surface area contributed by atoms with E-state index < -0.39 is 0 Å². The van der Waals surface area contributed by atoms with Crippen LogP contribution < -0.4 is 19.8 Å². The number of benzene rings is 2. The van der Waals surface area contributed by atoms with Gasteiger partial charge in [-0.15, -0.1) is 0 Å². The van der Waals surface area contributed by atoms with Gasteiger partial charge in [0, 0.05) is 56.8 Å². The first kappa shape index (κ1) is 21.0. The molecule has 0 aliphatic carbocycles. The van der Waals surface area contributed by atoms with Crippen molar-refractivity contribution in [3.05, 3.63) is 54.1 Å². The number of rotatable bonds is 5. The number of nitrogens with one attached hydrogen (secondary N) is 2. The van der Waals surface area contributed by atoms with E-state index in [9.17, 15) is 4.79 Å². The molecule has 1 aliphatic rings. The van der Waals surface area contributed by atoms with Crippen LogP contribution in [0, 0.1) is 0 Å².